The van der Waals surface area contributed by atoms with E-state index in [9.17, 15) is 15.3 Å². The third-order valence-corrected chi connectivity index (χ3v) is 7.34. The van der Waals surface area contributed by atoms with Crippen LogP contribution in [0.5, 0.6) is 23.0 Å². The Kier molecular flexibility index (Phi) is 13.2. The summed E-state index contributed by atoms with van der Waals surface area (Å²) in [5.74, 6) is -0.282. The van der Waals surface area contributed by atoms with Crippen LogP contribution in [0, 0.1) is 0 Å². The number of phenolic OH excluding ortho intramolecular Hbond substituents is 3. The molecular formula is C29H22CuN6O10S2. The van der Waals surface area contributed by atoms with Crippen molar-refractivity contribution in [3.05, 3.63) is 84.9 Å². The molecule has 0 bridgehead atoms. The Morgan fingerprint density at radius 1 is 0.604 bits per heavy atom. The van der Waals surface area contributed by atoms with Crippen LogP contribution in [-0.2, 0) is 35.8 Å². The average Bonchev–Trinajstić information content (AvgIpc) is 3.09. The summed E-state index contributed by atoms with van der Waals surface area (Å²) in [7, 11) is 1.40. The smallest absolute Gasteiger partial charge is 0.152 e. The van der Waals surface area contributed by atoms with Crippen molar-refractivity contribution in [3.8, 4) is 23.0 Å². The van der Waals surface area contributed by atoms with Gasteiger partial charge in [-0.25, -0.2) is 10.5 Å². The predicted octanol–water partition coefficient (Wildman–Crippen LogP) is 10.1. The molecule has 0 atom stereocenters. The van der Waals surface area contributed by atoms with Crippen molar-refractivity contribution < 1.29 is 66.4 Å². The molecule has 0 aliphatic carbocycles. The fourth-order valence-electron chi connectivity index (χ4n) is 3.95. The molecule has 0 fully saturated rings. The van der Waals surface area contributed by atoms with Crippen molar-refractivity contribution in [2.75, 3.05) is 7.11 Å². The van der Waals surface area contributed by atoms with Gasteiger partial charge in [-0.15, -0.1) is 24.0 Å². The van der Waals surface area contributed by atoms with Crippen LogP contribution in [0.4, 0.5) is 34.1 Å². The molecule has 0 aliphatic heterocycles. The van der Waals surface area contributed by atoms with Gasteiger partial charge in [0.1, 0.15) is 34.3 Å². The van der Waals surface area contributed by atoms with E-state index in [0.717, 1.165) is 12.0 Å². The van der Waals surface area contributed by atoms with Gasteiger partial charge in [-0.05, 0) is 78.2 Å². The van der Waals surface area contributed by atoms with E-state index < -0.39 is 0 Å². The molecule has 5 rings (SSSR count). The van der Waals surface area contributed by atoms with E-state index in [1.807, 2.05) is 0 Å². The van der Waals surface area contributed by atoms with Crippen molar-refractivity contribution in [3.63, 3.8) is 0 Å². The molecule has 0 unspecified atom stereocenters. The Morgan fingerprint density at radius 2 is 1.21 bits per heavy atom. The number of phenols is 3. The number of fused-ring (bicyclic) bond motifs is 1. The van der Waals surface area contributed by atoms with Gasteiger partial charge in [-0.3, -0.25) is 0 Å². The summed E-state index contributed by atoms with van der Waals surface area (Å²) >= 11 is 1.34. The first-order chi connectivity index (χ1) is 22.9. The van der Waals surface area contributed by atoms with Gasteiger partial charge in [0.25, 0.3) is 0 Å². The number of hydrogen-bond donors (Lipinski definition) is 5. The predicted molar refractivity (Wildman–Crippen MR) is 169 cm³/mol. The monoisotopic (exact) mass is 741 g/mol. The molecule has 0 aliphatic rings. The Morgan fingerprint density at radius 3 is 1.90 bits per heavy atom. The molecule has 5 aromatic carbocycles. The first-order valence-electron chi connectivity index (χ1n) is 13.0. The molecule has 0 amide bonds. The molecule has 0 aromatic heterocycles. The van der Waals surface area contributed by atoms with Gasteiger partial charge in [-0.1, -0.05) is 10.1 Å². The molecule has 16 nitrogen and oxygen atoms in total. The molecule has 0 heterocycles. The number of azo groups is 3. The van der Waals surface area contributed by atoms with Crippen LogP contribution in [-0.4, -0.2) is 32.9 Å². The van der Waals surface area contributed by atoms with E-state index in [1.54, 1.807) is 60.7 Å². The number of methoxy groups -OCH3 is 1. The number of ether oxygens (including phenoxy) is 1. The molecular weight excluding hydrogens is 720 g/mol. The summed E-state index contributed by atoms with van der Waals surface area (Å²) in [5, 5.41) is 81.3. The van der Waals surface area contributed by atoms with Gasteiger partial charge in [0.2, 0.25) is 0 Å². The van der Waals surface area contributed by atoms with E-state index in [1.165, 1.54) is 31.4 Å². The van der Waals surface area contributed by atoms with Crippen LogP contribution in [0.15, 0.2) is 125 Å². The summed E-state index contributed by atoms with van der Waals surface area (Å²) in [6, 6.07) is 21.9. The molecule has 0 saturated heterocycles. The van der Waals surface area contributed by atoms with Gasteiger partial charge in [0.05, 0.1) is 53.2 Å². The maximum atomic E-state index is 11.1. The van der Waals surface area contributed by atoms with Crippen LogP contribution in [0.3, 0.4) is 0 Å². The topological polar surface area (TPSA) is 221 Å². The van der Waals surface area contributed by atoms with Gasteiger partial charge >= 0.3 is 0 Å². The quantitative estimate of drug-likeness (QED) is 0.0250. The zero-order chi connectivity index (χ0) is 33.2. The van der Waals surface area contributed by atoms with Crippen LogP contribution in [0.1, 0.15) is 0 Å². The number of rotatable bonds is 13. The Balaban J connectivity index is 0.00000520. The minimum atomic E-state index is -0.315. The van der Waals surface area contributed by atoms with Crippen molar-refractivity contribution in [2.24, 2.45) is 30.7 Å². The van der Waals surface area contributed by atoms with Crippen LogP contribution in [0.2, 0.25) is 0 Å². The van der Waals surface area contributed by atoms with E-state index in [-0.39, 0.29) is 62.0 Å². The summed E-state index contributed by atoms with van der Waals surface area (Å²) < 4.78 is 14.4. The van der Waals surface area contributed by atoms with E-state index in [4.69, 9.17) is 15.3 Å². The van der Waals surface area contributed by atoms with Gasteiger partial charge in [0.15, 0.2) is 5.75 Å². The van der Waals surface area contributed by atoms with Crippen LogP contribution >= 0.6 is 24.1 Å². The maximum Gasteiger partial charge on any atom is 0.152 e. The van der Waals surface area contributed by atoms with Crippen molar-refractivity contribution >= 4 is 69.0 Å². The second-order valence-electron chi connectivity index (χ2n) is 9.05. The molecule has 0 saturated carbocycles. The Labute approximate surface area is 290 Å². The second-order valence-corrected chi connectivity index (χ2v) is 10.6. The zero-order valence-corrected chi connectivity index (χ0v) is 26.7. The summed E-state index contributed by atoms with van der Waals surface area (Å²) in [6.07, 6.45) is 0. The molecule has 5 aromatic rings. The molecule has 1 radical (unpaired) electrons. The van der Waals surface area contributed by atoms with Crippen LogP contribution < -0.4 is 4.74 Å². The first-order valence-corrected chi connectivity index (χ1v) is 14.5. The Bertz CT molecular complexity index is 1950. The summed E-state index contributed by atoms with van der Waals surface area (Å²) in [5.41, 5.74) is 1.57. The number of nitrogens with zero attached hydrogens (tertiary/aromatic N) is 6. The average molecular weight is 742 g/mol. The summed E-state index contributed by atoms with van der Waals surface area (Å²) in [4.78, 5) is 0.827. The number of hydrogen-bond acceptors (Lipinski definition) is 18. The SMILES string of the molecule is COc1cc(N=Nc2c(SOOO)cc3cc(N=Nc4ccc(O)cc4)ccc3c2O)c(O)cc1N=Nc1ccc(SOOO)cc1.[Cu]. The third-order valence-electron chi connectivity index (χ3n) is 6.12. The fourth-order valence-corrected chi connectivity index (χ4v) is 4.81. The maximum absolute atomic E-state index is 11.1. The van der Waals surface area contributed by atoms with Crippen molar-refractivity contribution in [2.45, 2.75) is 9.79 Å². The minimum absolute atomic E-state index is 0. The number of aromatic hydroxyl groups is 3. The molecule has 48 heavy (non-hydrogen) atoms. The number of benzene rings is 5. The fraction of sp³-hybridized carbons (Fsp3) is 0.0345. The molecule has 5 N–H and O–H groups in total. The van der Waals surface area contributed by atoms with Gasteiger partial charge < -0.3 is 20.1 Å². The standard InChI is InChI=1S/C29H22N6O10S2.Cu/c1-41-26-15-23(25(37)14-24(26)34-31-18-4-9-21(10-5-18)46-44-42-39)33-35-28-27(47-45-43-40)13-16-12-19(6-11-22(16)29(28)38)32-30-17-2-7-20(36)8-3-17;/h2-15,36-40H,1H3;. The normalized spacial score (nSPS) is 11.6. The van der Waals surface area contributed by atoms with Crippen molar-refractivity contribution in [1.82, 2.24) is 0 Å². The third kappa shape index (κ3) is 9.24. The zero-order valence-electron chi connectivity index (χ0n) is 24.2. The van der Waals surface area contributed by atoms with Gasteiger partial charge in [-0.2, -0.15) is 15.3 Å². The second kappa shape index (κ2) is 17.5. The van der Waals surface area contributed by atoms with Crippen molar-refractivity contribution in [1.29, 1.82) is 0 Å². The van der Waals surface area contributed by atoms with E-state index >= 15 is 0 Å². The largest absolute Gasteiger partial charge is 0.508 e. The first kappa shape index (κ1) is 36.2. The molecule has 0 spiro atoms. The Hall–Kier alpha value is -4.66. The van der Waals surface area contributed by atoms with Crippen LogP contribution in [0.25, 0.3) is 10.8 Å². The summed E-state index contributed by atoms with van der Waals surface area (Å²) in [6.45, 7) is 0. The minimum Gasteiger partial charge on any atom is -0.508 e. The van der Waals surface area contributed by atoms with E-state index in [2.05, 4.69) is 49.4 Å². The van der Waals surface area contributed by atoms with E-state index in [0.29, 0.717) is 44.8 Å². The molecule has 19 heteroatoms. The molecule has 251 valence electrons. The van der Waals surface area contributed by atoms with Gasteiger partial charge in [0, 0.05) is 39.5 Å².